The Morgan fingerprint density at radius 3 is 0.827 bits per heavy atom. The van der Waals surface area contributed by atoms with Crippen molar-refractivity contribution in [3.8, 4) is 0 Å². The molecule has 0 fully saturated rings. The lowest BCUT2D eigenvalue weighted by molar-refractivity contribution is -0.167. The summed E-state index contributed by atoms with van der Waals surface area (Å²) in [6.07, 6.45) is 85.6. The highest BCUT2D eigenvalue weighted by atomic mass is 16.6. The molecule has 0 heterocycles. The quantitative estimate of drug-likeness (QED) is 0.0261. The minimum Gasteiger partial charge on any atom is -0.462 e. The zero-order valence-electron chi connectivity index (χ0n) is 49.0. The number of rotatable bonds is 56. The van der Waals surface area contributed by atoms with Crippen molar-refractivity contribution in [1.29, 1.82) is 0 Å². The maximum Gasteiger partial charge on any atom is 0.306 e. The van der Waals surface area contributed by atoms with E-state index in [0.29, 0.717) is 19.3 Å². The third kappa shape index (κ3) is 60.8. The first-order valence-electron chi connectivity index (χ1n) is 31.4. The van der Waals surface area contributed by atoms with E-state index in [9.17, 15) is 14.4 Å². The van der Waals surface area contributed by atoms with Gasteiger partial charge in [-0.25, -0.2) is 0 Å². The highest BCUT2D eigenvalue weighted by Gasteiger charge is 2.19. The lowest BCUT2D eigenvalue weighted by Gasteiger charge is -2.18. The molecule has 0 aromatic rings. The molecule has 0 saturated heterocycles. The molecule has 6 heteroatoms. The van der Waals surface area contributed by atoms with E-state index in [1.54, 1.807) is 0 Å². The molecule has 428 valence electrons. The monoisotopic (exact) mass is 1040 g/mol. The van der Waals surface area contributed by atoms with Gasteiger partial charge in [-0.3, -0.25) is 14.4 Å². The summed E-state index contributed by atoms with van der Waals surface area (Å²) in [5.74, 6) is -0.899. The molecule has 6 nitrogen and oxygen atoms in total. The molecule has 0 aromatic carbocycles. The molecule has 75 heavy (non-hydrogen) atoms. The van der Waals surface area contributed by atoms with Gasteiger partial charge in [0.2, 0.25) is 0 Å². The number of carbonyl (C=O) groups is 3. The van der Waals surface area contributed by atoms with Gasteiger partial charge in [-0.2, -0.15) is 0 Å². The van der Waals surface area contributed by atoms with Crippen molar-refractivity contribution in [2.24, 2.45) is 0 Å². The third-order valence-electron chi connectivity index (χ3n) is 13.3. The molecular weight excluding hydrogens is 925 g/mol. The molecule has 0 amide bonds. The fraction of sp³-hybridized carbons (Fsp3) is 0.696. The minimum absolute atomic E-state index is 0.0810. The summed E-state index contributed by atoms with van der Waals surface area (Å²) in [5.41, 5.74) is 0. The van der Waals surface area contributed by atoms with E-state index in [0.717, 1.165) is 122 Å². The molecule has 0 aliphatic heterocycles. The van der Waals surface area contributed by atoms with Crippen LogP contribution in [0.25, 0.3) is 0 Å². The Bertz CT molecular complexity index is 1520. The Morgan fingerprint density at radius 1 is 0.280 bits per heavy atom. The maximum absolute atomic E-state index is 12.8. The Labute approximate surface area is 463 Å². The van der Waals surface area contributed by atoms with E-state index < -0.39 is 6.10 Å². The zero-order valence-corrected chi connectivity index (χ0v) is 49.0. The molecule has 0 aliphatic carbocycles. The summed E-state index contributed by atoms with van der Waals surface area (Å²) in [4.78, 5) is 37.9. The normalized spacial score (nSPS) is 12.8. The van der Waals surface area contributed by atoms with Gasteiger partial charge in [0.05, 0.1) is 0 Å². The van der Waals surface area contributed by atoms with E-state index in [2.05, 4.69) is 130 Å². The average molecular weight is 1040 g/mol. The zero-order chi connectivity index (χ0) is 54.3. The molecular formula is C69H116O6. The summed E-state index contributed by atoms with van der Waals surface area (Å²) >= 11 is 0. The second kappa shape index (κ2) is 62.6. The topological polar surface area (TPSA) is 78.9 Å². The first-order chi connectivity index (χ1) is 37.0. The predicted molar refractivity (Wildman–Crippen MR) is 325 cm³/mol. The van der Waals surface area contributed by atoms with Crippen LogP contribution < -0.4 is 0 Å². The lowest BCUT2D eigenvalue weighted by atomic mass is 10.1. The van der Waals surface area contributed by atoms with Crippen LogP contribution in [0.15, 0.2) is 109 Å². The number of ether oxygens (including phenoxy) is 3. The average Bonchev–Trinajstić information content (AvgIpc) is 3.41. The van der Waals surface area contributed by atoms with E-state index >= 15 is 0 Å². The number of unbranched alkanes of at least 4 members (excludes halogenated alkanes) is 27. The molecule has 0 radical (unpaired) electrons. The fourth-order valence-electron chi connectivity index (χ4n) is 8.57. The Balaban J connectivity index is 4.06. The van der Waals surface area contributed by atoms with E-state index in [1.807, 2.05) is 0 Å². The highest BCUT2D eigenvalue weighted by Crippen LogP contribution is 2.15. The van der Waals surface area contributed by atoms with Gasteiger partial charge in [-0.15, -0.1) is 0 Å². The van der Waals surface area contributed by atoms with Crippen LogP contribution in [0.1, 0.15) is 290 Å². The van der Waals surface area contributed by atoms with Crippen molar-refractivity contribution in [3.63, 3.8) is 0 Å². The summed E-state index contributed by atoms with van der Waals surface area (Å²) in [6.45, 7) is 6.46. The number of hydrogen-bond acceptors (Lipinski definition) is 6. The van der Waals surface area contributed by atoms with Gasteiger partial charge >= 0.3 is 17.9 Å². The number of allylic oxidation sites excluding steroid dienone is 18. The second-order valence-electron chi connectivity index (χ2n) is 20.6. The van der Waals surface area contributed by atoms with Gasteiger partial charge in [0.1, 0.15) is 13.2 Å². The van der Waals surface area contributed by atoms with Crippen molar-refractivity contribution < 1.29 is 28.6 Å². The van der Waals surface area contributed by atoms with Crippen LogP contribution >= 0.6 is 0 Å². The molecule has 0 rings (SSSR count). The second-order valence-corrected chi connectivity index (χ2v) is 20.6. The predicted octanol–water partition coefficient (Wildman–Crippen LogP) is 21.4. The van der Waals surface area contributed by atoms with Crippen LogP contribution in [0.5, 0.6) is 0 Å². The van der Waals surface area contributed by atoms with Gasteiger partial charge in [0, 0.05) is 19.3 Å². The van der Waals surface area contributed by atoms with Gasteiger partial charge in [0.25, 0.3) is 0 Å². The number of esters is 3. The largest absolute Gasteiger partial charge is 0.462 e. The van der Waals surface area contributed by atoms with E-state index in [1.165, 1.54) is 128 Å². The first kappa shape index (κ1) is 71.1. The molecule has 0 aromatic heterocycles. The van der Waals surface area contributed by atoms with Crippen molar-refractivity contribution in [3.05, 3.63) is 109 Å². The Kier molecular flexibility index (Phi) is 59.3. The molecule has 0 N–H and O–H groups in total. The molecule has 0 saturated carbocycles. The van der Waals surface area contributed by atoms with Crippen molar-refractivity contribution in [1.82, 2.24) is 0 Å². The van der Waals surface area contributed by atoms with E-state index in [-0.39, 0.29) is 31.1 Å². The van der Waals surface area contributed by atoms with Gasteiger partial charge in [-0.05, 0) is 109 Å². The smallest absolute Gasteiger partial charge is 0.306 e. The number of hydrogen-bond donors (Lipinski definition) is 0. The van der Waals surface area contributed by atoms with Gasteiger partial charge < -0.3 is 14.2 Å². The minimum atomic E-state index is -0.780. The molecule has 0 bridgehead atoms. The Morgan fingerprint density at radius 2 is 0.520 bits per heavy atom. The third-order valence-corrected chi connectivity index (χ3v) is 13.3. The summed E-state index contributed by atoms with van der Waals surface area (Å²) < 4.78 is 16.8. The van der Waals surface area contributed by atoms with Crippen molar-refractivity contribution in [2.75, 3.05) is 13.2 Å². The summed E-state index contributed by atoms with van der Waals surface area (Å²) in [6, 6.07) is 0. The van der Waals surface area contributed by atoms with Crippen LogP contribution in [-0.4, -0.2) is 37.2 Å². The van der Waals surface area contributed by atoms with Gasteiger partial charge in [-0.1, -0.05) is 271 Å². The molecule has 1 atom stereocenters. The van der Waals surface area contributed by atoms with Crippen LogP contribution in [0, 0.1) is 0 Å². The lowest BCUT2D eigenvalue weighted by Crippen LogP contribution is -2.30. The van der Waals surface area contributed by atoms with Gasteiger partial charge in [0.15, 0.2) is 6.10 Å². The van der Waals surface area contributed by atoms with E-state index in [4.69, 9.17) is 14.2 Å². The van der Waals surface area contributed by atoms with Crippen LogP contribution in [0.4, 0.5) is 0 Å². The van der Waals surface area contributed by atoms with Crippen molar-refractivity contribution >= 4 is 17.9 Å². The molecule has 1 unspecified atom stereocenters. The summed E-state index contributed by atoms with van der Waals surface area (Å²) in [7, 11) is 0. The first-order valence-corrected chi connectivity index (χ1v) is 31.4. The Hall–Kier alpha value is -3.93. The summed E-state index contributed by atoms with van der Waals surface area (Å²) in [5, 5.41) is 0. The van der Waals surface area contributed by atoms with Crippen LogP contribution in [0.3, 0.4) is 0 Å². The molecule has 0 aliphatic rings. The SMILES string of the molecule is CC/C=C\C/C=C\C/C=C\C/C=C\C/C=C\C/C=C\C/C=C\C/C=C\CCCCCCCCCCCCC(=O)OCC(COC(=O)CCCCCCCC)OC(=O)CCCCCCC/C=C\CCCCCCCCC. The van der Waals surface area contributed by atoms with Crippen molar-refractivity contribution in [2.45, 2.75) is 297 Å². The molecule has 0 spiro atoms. The van der Waals surface area contributed by atoms with Crippen LogP contribution in [-0.2, 0) is 28.6 Å². The standard InChI is InChI=1S/C69H116O6/c1-4-7-10-13-16-18-20-22-24-26-27-28-29-30-31-32-33-34-35-36-37-38-39-40-41-42-43-44-46-47-49-51-53-56-59-62-68(71)74-65-66(64-73-67(70)61-58-55-15-12-9-6-3)75-69(72)63-60-57-54-52-50-48-45-25-23-21-19-17-14-11-8-5-2/h7,10,16,18,22,24-25,27-28,30-31,33-34,36-37,39-40,45,66H,4-6,8-9,11-15,17,19-21,23,26,29,32,35,38,41-44,46-65H2,1-3H3/b10-7-,18-16-,24-22-,28-27-,31-30-,34-33-,37-36-,40-39-,45-25-. The fourth-order valence-corrected chi connectivity index (χ4v) is 8.57. The highest BCUT2D eigenvalue weighted by molar-refractivity contribution is 5.71. The maximum atomic E-state index is 12.8. The van der Waals surface area contributed by atoms with Crippen LogP contribution in [0.2, 0.25) is 0 Å². The number of carbonyl (C=O) groups excluding carboxylic acids is 3.